The second kappa shape index (κ2) is 14.0. The first kappa shape index (κ1) is 31.7. The maximum atomic E-state index is 12.3. The highest BCUT2D eigenvalue weighted by Crippen LogP contribution is 2.39. The van der Waals surface area contributed by atoms with Crippen LogP contribution in [0.15, 0.2) is 60.7 Å². The molecule has 3 aliphatic heterocycles. The van der Waals surface area contributed by atoms with Gasteiger partial charge in [0.2, 0.25) is 0 Å². The number of nitrogens with zero attached hydrogens (tertiary/aromatic N) is 2. The number of piperidine rings is 1. The molecule has 0 aromatic heterocycles. The zero-order valence-corrected chi connectivity index (χ0v) is 27.5. The van der Waals surface area contributed by atoms with Crippen LogP contribution in [0, 0.1) is 12.8 Å². The Kier molecular flexibility index (Phi) is 9.90. The van der Waals surface area contributed by atoms with E-state index in [4.69, 9.17) is 42.1 Å². The lowest BCUT2D eigenvalue weighted by Crippen LogP contribution is -2.40. The van der Waals surface area contributed by atoms with E-state index in [1.54, 1.807) is 0 Å². The van der Waals surface area contributed by atoms with Gasteiger partial charge in [0.05, 0.1) is 23.3 Å². The lowest BCUT2D eigenvalue weighted by molar-refractivity contribution is -0.142. The fourth-order valence-corrected chi connectivity index (χ4v) is 7.03. The van der Waals surface area contributed by atoms with E-state index in [-0.39, 0.29) is 12.0 Å². The second-order valence-corrected chi connectivity index (χ2v) is 13.2. The third kappa shape index (κ3) is 7.28. The monoisotopic (exact) mass is 650 g/mol. The molecule has 0 radical (unpaired) electrons. The molecule has 0 spiro atoms. The van der Waals surface area contributed by atoms with Crippen molar-refractivity contribution in [1.29, 1.82) is 0 Å². The van der Waals surface area contributed by atoms with E-state index in [0.717, 1.165) is 46.5 Å². The number of hydrogen-bond donors (Lipinski definition) is 0. The summed E-state index contributed by atoms with van der Waals surface area (Å²) in [5.41, 5.74) is 5.82. The van der Waals surface area contributed by atoms with Crippen LogP contribution in [-0.4, -0.2) is 68.3 Å². The molecule has 0 bridgehead atoms. The lowest BCUT2D eigenvalue weighted by Gasteiger charge is -2.30. The number of fused-ring (bicyclic) bond motifs is 1. The molecule has 45 heavy (non-hydrogen) atoms. The van der Waals surface area contributed by atoms with Gasteiger partial charge in [-0.1, -0.05) is 60.1 Å². The van der Waals surface area contributed by atoms with Gasteiger partial charge >= 0.3 is 5.97 Å². The second-order valence-electron chi connectivity index (χ2n) is 12.4. The molecule has 0 amide bonds. The predicted octanol–water partition coefficient (Wildman–Crippen LogP) is 7.33. The molecule has 3 aliphatic rings. The zero-order chi connectivity index (χ0) is 31.5. The standard InChI is InChI=1S/C36H40Cl2N2O5/c1-23-17-40(31-12-14-42-36(31)41)19-27-15-30(37)34(16-33(27)43-20-23)45-22-26-8-4-9-28(24(26)2)29-10-5-11-32(35(29)38)44-21-25-7-6-13-39(3)18-25/h4-5,8-11,15-16,25,31H,1,6-7,12-14,17-22H2,2-3H3. The number of hydrogen-bond acceptors (Lipinski definition) is 7. The third-order valence-electron chi connectivity index (χ3n) is 8.97. The maximum absolute atomic E-state index is 12.3. The number of esters is 1. The Balaban J connectivity index is 1.17. The van der Waals surface area contributed by atoms with Gasteiger partial charge in [-0.05, 0) is 67.8 Å². The number of ether oxygens (including phenoxy) is 4. The summed E-state index contributed by atoms with van der Waals surface area (Å²) >= 11 is 13.7. The number of likely N-dealkylation sites (tertiary alicyclic amines) is 1. The van der Waals surface area contributed by atoms with Gasteiger partial charge in [0, 0.05) is 49.2 Å². The highest BCUT2D eigenvalue weighted by Gasteiger charge is 2.34. The van der Waals surface area contributed by atoms with Crippen LogP contribution >= 0.6 is 23.2 Å². The topological polar surface area (TPSA) is 60.5 Å². The van der Waals surface area contributed by atoms with Crippen molar-refractivity contribution in [2.45, 2.75) is 45.4 Å². The van der Waals surface area contributed by atoms with Crippen molar-refractivity contribution in [3.05, 3.63) is 87.4 Å². The summed E-state index contributed by atoms with van der Waals surface area (Å²) in [7, 11) is 2.16. The summed E-state index contributed by atoms with van der Waals surface area (Å²) in [6, 6.07) is 15.5. The van der Waals surface area contributed by atoms with Crippen molar-refractivity contribution < 1.29 is 23.7 Å². The van der Waals surface area contributed by atoms with Gasteiger partial charge in [0.15, 0.2) is 0 Å². The van der Waals surface area contributed by atoms with Gasteiger partial charge < -0.3 is 23.8 Å². The van der Waals surface area contributed by atoms with Gasteiger partial charge in [0.25, 0.3) is 0 Å². The van der Waals surface area contributed by atoms with Crippen LogP contribution in [0.4, 0.5) is 0 Å². The molecule has 238 valence electrons. The maximum Gasteiger partial charge on any atom is 0.323 e. The number of cyclic esters (lactones) is 1. The Labute approximate surface area is 275 Å². The molecule has 6 rings (SSSR count). The van der Waals surface area contributed by atoms with Crippen LogP contribution in [0.3, 0.4) is 0 Å². The number of carbonyl (C=O) groups excluding carboxylic acids is 1. The van der Waals surface area contributed by atoms with Crippen LogP contribution in [0.25, 0.3) is 11.1 Å². The Morgan fingerprint density at radius 1 is 1.00 bits per heavy atom. The highest BCUT2D eigenvalue weighted by molar-refractivity contribution is 6.35. The molecular formula is C36H40Cl2N2O5. The molecule has 9 heteroatoms. The molecule has 3 heterocycles. The minimum Gasteiger partial charge on any atom is -0.492 e. The van der Waals surface area contributed by atoms with E-state index >= 15 is 0 Å². The van der Waals surface area contributed by atoms with Crippen LogP contribution < -0.4 is 14.2 Å². The molecule has 2 unspecified atom stereocenters. The molecular weight excluding hydrogens is 611 g/mol. The normalized spacial score (nSPS) is 21.0. The Morgan fingerprint density at radius 2 is 1.82 bits per heavy atom. The van der Waals surface area contributed by atoms with Crippen molar-refractivity contribution >= 4 is 29.2 Å². The van der Waals surface area contributed by atoms with Gasteiger partial charge in [0.1, 0.15) is 36.5 Å². The summed E-state index contributed by atoms with van der Waals surface area (Å²) in [5.74, 6) is 2.22. The minimum absolute atomic E-state index is 0.192. The smallest absolute Gasteiger partial charge is 0.323 e. The zero-order valence-electron chi connectivity index (χ0n) is 26.0. The fraction of sp³-hybridized carbons (Fsp3) is 0.417. The van der Waals surface area contributed by atoms with Gasteiger partial charge in [-0.25, -0.2) is 0 Å². The van der Waals surface area contributed by atoms with Crippen molar-refractivity contribution in [2.24, 2.45) is 5.92 Å². The summed E-state index contributed by atoms with van der Waals surface area (Å²) in [6.07, 6.45) is 3.03. The molecule has 7 nitrogen and oxygen atoms in total. The van der Waals surface area contributed by atoms with E-state index in [9.17, 15) is 4.79 Å². The van der Waals surface area contributed by atoms with Crippen LogP contribution in [0.1, 0.15) is 36.0 Å². The van der Waals surface area contributed by atoms with Gasteiger partial charge in [-0.2, -0.15) is 0 Å². The minimum atomic E-state index is -0.294. The largest absolute Gasteiger partial charge is 0.492 e. The molecule has 0 aliphatic carbocycles. The van der Waals surface area contributed by atoms with E-state index in [1.165, 1.54) is 12.8 Å². The highest BCUT2D eigenvalue weighted by atomic mass is 35.5. The fourth-order valence-electron chi connectivity index (χ4n) is 6.50. The molecule has 3 aromatic rings. The number of halogens is 2. The van der Waals surface area contributed by atoms with Crippen LogP contribution in [-0.2, 0) is 22.7 Å². The van der Waals surface area contributed by atoms with Crippen LogP contribution in [0.5, 0.6) is 17.2 Å². The first-order valence-corrected chi connectivity index (χ1v) is 16.4. The van der Waals surface area contributed by atoms with Crippen molar-refractivity contribution in [3.63, 3.8) is 0 Å². The summed E-state index contributed by atoms with van der Waals surface area (Å²) in [5, 5.41) is 1.10. The molecule has 2 saturated heterocycles. The van der Waals surface area contributed by atoms with E-state index in [2.05, 4.69) is 36.4 Å². The van der Waals surface area contributed by atoms with E-state index < -0.39 is 0 Å². The predicted molar refractivity (Wildman–Crippen MR) is 178 cm³/mol. The first-order chi connectivity index (χ1) is 21.8. The molecule has 0 N–H and O–H groups in total. The first-order valence-electron chi connectivity index (χ1n) is 15.6. The SMILES string of the molecule is C=C1COc2cc(OCc3cccc(-c4cccc(OCC5CCCN(C)C5)c4Cl)c3C)c(Cl)cc2CN(C2CCOC2=O)C1. The number of rotatable bonds is 8. The number of carbonyl (C=O) groups is 1. The molecule has 0 saturated carbocycles. The van der Waals surface area contributed by atoms with Crippen molar-refractivity contribution in [2.75, 3.05) is 46.5 Å². The average Bonchev–Trinajstić information content (AvgIpc) is 3.45. The van der Waals surface area contributed by atoms with Crippen molar-refractivity contribution in [1.82, 2.24) is 9.80 Å². The Hall–Kier alpha value is -3.23. The molecule has 2 fully saturated rings. The van der Waals surface area contributed by atoms with E-state index in [1.807, 2.05) is 42.5 Å². The summed E-state index contributed by atoms with van der Waals surface area (Å²) < 4.78 is 23.9. The summed E-state index contributed by atoms with van der Waals surface area (Å²) in [4.78, 5) is 16.8. The van der Waals surface area contributed by atoms with Gasteiger partial charge in [-0.15, -0.1) is 0 Å². The summed E-state index contributed by atoms with van der Waals surface area (Å²) in [6.45, 7) is 11.2. The van der Waals surface area contributed by atoms with E-state index in [0.29, 0.717) is 79.1 Å². The number of benzene rings is 3. The third-order valence-corrected chi connectivity index (χ3v) is 9.66. The Morgan fingerprint density at radius 3 is 2.62 bits per heavy atom. The van der Waals surface area contributed by atoms with Gasteiger partial charge in [-0.3, -0.25) is 9.69 Å². The lowest BCUT2D eigenvalue weighted by atomic mass is 9.96. The quantitative estimate of drug-likeness (QED) is 0.187. The average molecular weight is 652 g/mol. The molecule has 2 atom stereocenters. The van der Waals surface area contributed by atoms with Crippen molar-refractivity contribution in [3.8, 4) is 28.4 Å². The molecule has 3 aromatic carbocycles. The Bertz CT molecular complexity index is 1580. The van der Waals surface area contributed by atoms with Crippen LogP contribution in [0.2, 0.25) is 10.0 Å².